The third kappa shape index (κ3) is 4.51. The summed E-state index contributed by atoms with van der Waals surface area (Å²) in [5.41, 5.74) is 1.80. The molecule has 0 heterocycles. The van der Waals surface area contributed by atoms with Crippen molar-refractivity contribution in [2.24, 2.45) is 0 Å². The van der Waals surface area contributed by atoms with Gasteiger partial charge in [0.1, 0.15) is 0 Å². The highest BCUT2D eigenvalue weighted by Crippen LogP contribution is 2.15. The number of amides is 1. The Kier molecular flexibility index (Phi) is 5.60. The SMILES string of the molecule is Cc1cc(Br)cc(C(=O)NCCCI)c1. The van der Waals surface area contributed by atoms with Crippen LogP contribution in [0.15, 0.2) is 22.7 Å². The minimum Gasteiger partial charge on any atom is -0.352 e. The van der Waals surface area contributed by atoms with Crippen LogP contribution in [0.4, 0.5) is 0 Å². The van der Waals surface area contributed by atoms with Crippen LogP contribution in [0.2, 0.25) is 0 Å². The number of carbonyl (C=O) groups excluding carboxylic acids is 1. The van der Waals surface area contributed by atoms with Crippen molar-refractivity contribution < 1.29 is 4.79 Å². The van der Waals surface area contributed by atoms with Gasteiger partial charge in [-0.15, -0.1) is 0 Å². The molecule has 1 aromatic rings. The monoisotopic (exact) mass is 381 g/mol. The van der Waals surface area contributed by atoms with Crippen molar-refractivity contribution in [3.8, 4) is 0 Å². The van der Waals surface area contributed by atoms with Gasteiger partial charge in [-0.3, -0.25) is 4.79 Å². The fraction of sp³-hybridized carbons (Fsp3) is 0.364. The second-order valence-corrected chi connectivity index (χ2v) is 5.31. The van der Waals surface area contributed by atoms with Crippen LogP contribution in [0.25, 0.3) is 0 Å². The number of alkyl halides is 1. The quantitative estimate of drug-likeness (QED) is 0.484. The number of halogens is 2. The summed E-state index contributed by atoms with van der Waals surface area (Å²) in [7, 11) is 0. The number of carbonyl (C=O) groups is 1. The first kappa shape index (κ1) is 13.0. The molecule has 0 fully saturated rings. The summed E-state index contributed by atoms with van der Waals surface area (Å²) in [4.78, 5) is 11.7. The highest BCUT2D eigenvalue weighted by Gasteiger charge is 2.05. The van der Waals surface area contributed by atoms with E-state index < -0.39 is 0 Å². The Labute approximate surface area is 112 Å². The van der Waals surface area contributed by atoms with E-state index in [0.717, 1.165) is 33.0 Å². The molecule has 0 unspecified atom stereocenters. The van der Waals surface area contributed by atoms with Crippen molar-refractivity contribution in [1.82, 2.24) is 5.32 Å². The molecule has 0 bridgehead atoms. The van der Waals surface area contributed by atoms with Gasteiger partial charge in [0, 0.05) is 21.0 Å². The van der Waals surface area contributed by atoms with E-state index in [9.17, 15) is 4.79 Å². The Morgan fingerprint density at radius 1 is 1.47 bits per heavy atom. The highest BCUT2D eigenvalue weighted by molar-refractivity contribution is 14.1. The molecule has 2 nitrogen and oxygen atoms in total. The van der Waals surface area contributed by atoms with Crippen LogP contribution in [0, 0.1) is 6.92 Å². The van der Waals surface area contributed by atoms with Crippen molar-refractivity contribution in [1.29, 1.82) is 0 Å². The summed E-state index contributed by atoms with van der Waals surface area (Å²) in [6, 6.07) is 5.72. The van der Waals surface area contributed by atoms with Crippen molar-refractivity contribution >= 4 is 44.4 Å². The predicted molar refractivity (Wildman–Crippen MR) is 74.7 cm³/mol. The molecule has 0 saturated carbocycles. The zero-order valence-corrected chi connectivity index (χ0v) is 12.3. The van der Waals surface area contributed by atoms with Crippen LogP contribution < -0.4 is 5.32 Å². The summed E-state index contributed by atoms with van der Waals surface area (Å²) in [6.45, 7) is 2.72. The molecule has 4 heteroatoms. The zero-order valence-electron chi connectivity index (χ0n) is 8.52. The molecule has 0 atom stereocenters. The molecule has 1 amide bonds. The fourth-order valence-electron chi connectivity index (χ4n) is 1.24. The van der Waals surface area contributed by atoms with Gasteiger partial charge in [-0.05, 0) is 37.1 Å². The molecule has 82 valence electrons. The smallest absolute Gasteiger partial charge is 0.251 e. The lowest BCUT2D eigenvalue weighted by atomic mass is 10.1. The molecule has 0 aliphatic carbocycles. The maximum absolute atomic E-state index is 11.7. The minimum absolute atomic E-state index is 0.00394. The molecule has 1 N–H and O–H groups in total. The van der Waals surface area contributed by atoms with Gasteiger partial charge in [-0.25, -0.2) is 0 Å². The standard InChI is InChI=1S/C11H13BrINO/c1-8-5-9(7-10(12)6-8)11(15)14-4-2-3-13/h5-7H,2-4H2,1H3,(H,14,15). The van der Waals surface area contributed by atoms with Crippen molar-refractivity contribution in [3.05, 3.63) is 33.8 Å². The number of hydrogen-bond acceptors (Lipinski definition) is 1. The first-order valence-corrected chi connectivity index (χ1v) is 7.06. The van der Waals surface area contributed by atoms with Crippen LogP contribution in [0.3, 0.4) is 0 Å². The second kappa shape index (κ2) is 6.48. The fourth-order valence-corrected chi connectivity index (χ4v) is 2.23. The molecule has 0 spiro atoms. The molecule has 15 heavy (non-hydrogen) atoms. The van der Waals surface area contributed by atoms with E-state index in [0.29, 0.717) is 0 Å². The lowest BCUT2D eigenvalue weighted by Gasteiger charge is -2.05. The summed E-state index contributed by atoms with van der Waals surface area (Å²) in [5, 5.41) is 2.89. The summed E-state index contributed by atoms with van der Waals surface area (Å²) >= 11 is 5.68. The number of rotatable bonds is 4. The predicted octanol–water partition coefficient (Wildman–Crippen LogP) is 3.31. The average molecular weight is 382 g/mol. The molecule has 0 saturated heterocycles. The summed E-state index contributed by atoms with van der Waals surface area (Å²) < 4.78 is 2.01. The number of nitrogens with one attached hydrogen (secondary N) is 1. The van der Waals surface area contributed by atoms with Crippen LogP contribution in [-0.2, 0) is 0 Å². The first-order valence-electron chi connectivity index (χ1n) is 4.75. The third-order valence-electron chi connectivity index (χ3n) is 1.90. The largest absolute Gasteiger partial charge is 0.352 e. The summed E-state index contributed by atoms with van der Waals surface area (Å²) in [5.74, 6) is 0.00394. The third-order valence-corrected chi connectivity index (χ3v) is 3.12. The highest BCUT2D eigenvalue weighted by atomic mass is 127. The van der Waals surface area contributed by atoms with E-state index in [-0.39, 0.29) is 5.91 Å². The van der Waals surface area contributed by atoms with Crippen LogP contribution in [-0.4, -0.2) is 16.9 Å². The lowest BCUT2D eigenvalue weighted by Crippen LogP contribution is -2.24. The molecular weight excluding hydrogens is 369 g/mol. The van der Waals surface area contributed by atoms with Gasteiger partial charge in [0.25, 0.3) is 5.91 Å². The number of hydrogen-bond donors (Lipinski definition) is 1. The Hall–Kier alpha value is -0.100. The van der Waals surface area contributed by atoms with Crippen molar-refractivity contribution in [2.45, 2.75) is 13.3 Å². The van der Waals surface area contributed by atoms with E-state index >= 15 is 0 Å². The average Bonchev–Trinajstić information content (AvgIpc) is 2.16. The van der Waals surface area contributed by atoms with Gasteiger partial charge in [-0.2, -0.15) is 0 Å². The molecule has 1 rings (SSSR count). The van der Waals surface area contributed by atoms with Gasteiger partial charge in [-0.1, -0.05) is 38.5 Å². The van der Waals surface area contributed by atoms with Crippen LogP contribution >= 0.6 is 38.5 Å². The molecule has 1 aromatic carbocycles. The van der Waals surface area contributed by atoms with Gasteiger partial charge in [0.15, 0.2) is 0 Å². The molecular formula is C11H13BrINO. The maximum Gasteiger partial charge on any atom is 0.251 e. The topological polar surface area (TPSA) is 29.1 Å². The van der Waals surface area contributed by atoms with Gasteiger partial charge < -0.3 is 5.32 Å². The number of benzene rings is 1. The van der Waals surface area contributed by atoms with Gasteiger partial charge in [0.2, 0.25) is 0 Å². The lowest BCUT2D eigenvalue weighted by molar-refractivity contribution is 0.0953. The Balaban J connectivity index is 2.65. The Morgan fingerprint density at radius 3 is 2.80 bits per heavy atom. The van der Waals surface area contributed by atoms with E-state index in [1.54, 1.807) is 0 Å². The first-order chi connectivity index (χ1) is 7.13. The van der Waals surface area contributed by atoms with Gasteiger partial charge >= 0.3 is 0 Å². The van der Waals surface area contributed by atoms with E-state index in [1.165, 1.54) is 0 Å². The van der Waals surface area contributed by atoms with Crippen LogP contribution in [0.5, 0.6) is 0 Å². The molecule has 0 aliphatic rings. The van der Waals surface area contributed by atoms with E-state index in [4.69, 9.17) is 0 Å². The Morgan fingerprint density at radius 2 is 2.20 bits per heavy atom. The minimum atomic E-state index is 0.00394. The molecule has 0 aliphatic heterocycles. The van der Waals surface area contributed by atoms with E-state index in [2.05, 4.69) is 43.8 Å². The normalized spacial score (nSPS) is 10.1. The maximum atomic E-state index is 11.7. The Bertz CT molecular complexity index is 334. The second-order valence-electron chi connectivity index (χ2n) is 3.32. The zero-order chi connectivity index (χ0) is 11.3. The molecule has 0 radical (unpaired) electrons. The van der Waals surface area contributed by atoms with E-state index in [1.807, 2.05) is 25.1 Å². The van der Waals surface area contributed by atoms with Crippen LogP contribution in [0.1, 0.15) is 22.3 Å². The van der Waals surface area contributed by atoms with Gasteiger partial charge in [0.05, 0.1) is 0 Å². The summed E-state index contributed by atoms with van der Waals surface area (Å²) in [6.07, 6.45) is 1.01. The van der Waals surface area contributed by atoms with Crippen molar-refractivity contribution in [3.63, 3.8) is 0 Å². The number of aryl methyl sites for hydroxylation is 1. The molecule has 0 aromatic heterocycles. The van der Waals surface area contributed by atoms with Crippen molar-refractivity contribution in [2.75, 3.05) is 11.0 Å².